The van der Waals surface area contributed by atoms with Crippen molar-refractivity contribution in [3.05, 3.63) is 11.6 Å². The Labute approximate surface area is 151 Å². The SMILES string of the molecule is C/C=C1/CCC2C3CCC(C)(CC)C(CC(C)CC)C3CCC12C. The van der Waals surface area contributed by atoms with Crippen molar-refractivity contribution in [3.8, 4) is 0 Å². The maximum absolute atomic E-state index is 2.64. The van der Waals surface area contributed by atoms with Crippen LogP contribution in [-0.2, 0) is 0 Å². The van der Waals surface area contributed by atoms with Gasteiger partial charge in [0.25, 0.3) is 0 Å². The largest absolute Gasteiger partial charge is 0.0879 e. The number of fused-ring (bicyclic) bond motifs is 3. The summed E-state index contributed by atoms with van der Waals surface area (Å²) in [5, 5.41) is 0. The van der Waals surface area contributed by atoms with E-state index in [4.69, 9.17) is 0 Å². The molecule has 0 spiro atoms. The minimum absolute atomic E-state index is 0.552. The maximum atomic E-state index is 2.64. The van der Waals surface area contributed by atoms with Crippen molar-refractivity contribution < 1.29 is 0 Å². The molecule has 24 heavy (non-hydrogen) atoms. The van der Waals surface area contributed by atoms with Gasteiger partial charge >= 0.3 is 0 Å². The van der Waals surface area contributed by atoms with Crippen LogP contribution in [0.1, 0.15) is 99.3 Å². The van der Waals surface area contributed by atoms with Gasteiger partial charge in [-0.1, -0.05) is 59.1 Å². The molecule has 0 nitrogen and oxygen atoms in total. The molecule has 3 fully saturated rings. The normalized spacial score (nSPS) is 48.2. The molecular formula is C24H42. The summed E-state index contributed by atoms with van der Waals surface area (Å²) >= 11 is 0. The molecule has 0 aliphatic heterocycles. The molecule has 3 aliphatic rings. The van der Waals surface area contributed by atoms with Gasteiger partial charge in [-0.15, -0.1) is 0 Å². The summed E-state index contributed by atoms with van der Waals surface area (Å²) in [6, 6.07) is 0. The fourth-order valence-corrected chi connectivity index (χ4v) is 7.25. The molecule has 7 unspecified atom stereocenters. The van der Waals surface area contributed by atoms with E-state index in [0.717, 1.165) is 29.6 Å². The molecule has 0 bridgehead atoms. The lowest BCUT2D eigenvalue weighted by atomic mass is 9.47. The van der Waals surface area contributed by atoms with Crippen LogP contribution in [0.4, 0.5) is 0 Å². The van der Waals surface area contributed by atoms with Gasteiger partial charge in [-0.3, -0.25) is 0 Å². The van der Waals surface area contributed by atoms with Crippen LogP contribution in [0.15, 0.2) is 11.6 Å². The number of hydrogen-bond donors (Lipinski definition) is 0. The molecule has 3 saturated carbocycles. The van der Waals surface area contributed by atoms with Crippen molar-refractivity contribution in [1.82, 2.24) is 0 Å². The van der Waals surface area contributed by atoms with E-state index in [1.807, 2.05) is 0 Å². The maximum Gasteiger partial charge on any atom is -0.00853 e. The molecule has 0 radical (unpaired) electrons. The van der Waals surface area contributed by atoms with Crippen LogP contribution in [0, 0.1) is 40.4 Å². The van der Waals surface area contributed by atoms with Gasteiger partial charge in [0.15, 0.2) is 0 Å². The van der Waals surface area contributed by atoms with Gasteiger partial charge in [0.1, 0.15) is 0 Å². The molecule has 7 atom stereocenters. The van der Waals surface area contributed by atoms with Crippen LogP contribution < -0.4 is 0 Å². The van der Waals surface area contributed by atoms with Crippen LogP contribution in [0.3, 0.4) is 0 Å². The number of rotatable bonds is 4. The quantitative estimate of drug-likeness (QED) is 0.465. The molecule has 0 N–H and O–H groups in total. The van der Waals surface area contributed by atoms with Crippen molar-refractivity contribution in [2.24, 2.45) is 40.4 Å². The first-order valence-corrected chi connectivity index (χ1v) is 11.0. The monoisotopic (exact) mass is 330 g/mol. The van der Waals surface area contributed by atoms with Gasteiger partial charge in [-0.2, -0.15) is 0 Å². The average molecular weight is 331 g/mol. The summed E-state index contributed by atoms with van der Waals surface area (Å²) in [5.74, 6) is 4.92. The fourth-order valence-electron chi connectivity index (χ4n) is 7.25. The van der Waals surface area contributed by atoms with Gasteiger partial charge in [0, 0.05) is 0 Å². The van der Waals surface area contributed by atoms with Gasteiger partial charge in [0.2, 0.25) is 0 Å². The summed E-state index contributed by atoms with van der Waals surface area (Å²) in [5.41, 5.74) is 2.96. The Hall–Kier alpha value is -0.260. The predicted octanol–water partition coefficient (Wildman–Crippen LogP) is 7.64. The van der Waals surface area contributed by atoms with Gasteiger partial charge in [-0.05, 0) is 92.3 Å². The third kappa shape index (κ3) is 2.80. The standard InChI is InChI=1S/C24H42/c1-7-17(4)16-22-20-13-15-24(6)18(8-2)10-11-21(24)19(20)12-14-23(22,5)9-3/h8,17,19-22H,7,9-16H2,1-6H3/b18-8-. The van der Waals surface area contributed by atoms with Crippen LogP contribution in [0.2, 0.25) is 0 Å². The summed E-state index contributed by atoms with van der Waals surface area (Å²) in [7, 11) is 0. The Morgan fingerprint density at radius 3 is 2.42 bits per heavy atom. The lowest BCUT2D eigenvalue weighted by Gasteiger charge is -2.57. The fraction of sp³-hybridized carbons (Fsp3) is 0.917. The smallest absolute Gasteiger partial charge is 0.00853 e. The molecule has 0 amide bonds. The van der Waals surface area contributed by atoms with Crippen LogP contribution >= 0.6 is 0 Å². The highest BCUT2D eigenvalue weighted by Crippen LogP contribution is 2.65. The highest BCUT2D eigenvalue weighted by molar-refractivity contribution is 5.23. The van der Waals surface area contributed by atoms with Crippen LogP contribution in [-0.4, -0.2) is 0 Å². The predicted molar refractivity (Wildman–Crippen MR) is 106 cm³/mol. The highest BCUT2D eigenvalue weighted by atomic mass is 14.6. The summed E-state index contributed by atoms with van der Waals surface area (Å²) < 4.78 is 0. The topological polar surface area (TPSA) is 0 Å². The van der Waals surface area contributed by atoms with E-state index in [0.29, 0.717) is 10.8 Å². The molecule has 0 heteroatoms. The molecule has 0 aromatic heterocycles. The molecule has 3 aliphatic carbocycles. The number of hydrogen-bond acceptors (Lipinski definition) is 0. The molecule has 0 heterocycles. The summed E-state index contributed by atoms with van der Waals surface area (Å²) in [4.78, 5) is 0. The first kappa shape index (κ1) is 18.5. The van der Waals surface area contributed by atoms with E-state index in [2.05, 4.69) is 47.6 Å². The molecule has 0 aromatic rings. The molecule has 3 rings (SSSR count). The van der Waals surface area contributed by atoms with Crippen LogP contribution in [0.25, 0.3) is 0 Å². The Balaban J connectivity index is 1.88. The van der Waals surface area contributed by atoms with Crippen molar-refractivity contribution in [2.45, 2.75) is 99.3 Å². The van der Waals surface area contributed by atoms with E-state index < -0.39 is 0 Å². The van der Waals surface area contributed by atoms with Crippen molar-refractivity contribution in [1.29, 1.82) is 0 Å². The minimum Gasteiger partial charge on any atom is -0.0879 e. The van der Waals surface area contributed by atoms with Gasteiger partial charge in [0.05, 0.1) is 0 Å². The molecule has 0 aromatic carbocycles. The second-order valence-electron chi connectivity index (χ2n) is 10.1. The van der Waals surface area contributed by atoms with Crippen LogP contribution in [0.5, 0.6) is 0 Å². The molecular weight excluding hydrogens is 288 g/mol. The third-order valence-electron chi connectivity index (χ3n) is 9.31. The number of allylic oxidation sites excluding steroid dienone is 2. The van der Waals surface area contributed by atoms with Crippen molar-refractivity contribution in [2.75, 3.05) is 0 Å². The Kier molecular flexibility index (Phi) is 5.25. The zero-order valence-electron chi connectivity index (χ0n) is 17.3. The average Bonchev–Trinajstić information content (AvgIpc) is 2.93. The van der Waals surface area contributed by atoms with E-state index in [1.165, 1.54) is 57.8 Å². The lowest BCUT2D eigenvalue weighted by Crippen LogP contribution is -2.49. The Morgan fingerprint density at radius 2 is 1.79 bits per heavy atom. The Bertz CT molecular complexity index is 474. The first-order valence-electron chi connectivity index (χ1n) is 11.0. The molecule has 0 saturated heterocycles. The van der Waals surface area contributed by atoms with Gasteiger partial charge < -0.3 is 0 Å². The molecule has 138 valence electrons. The second-order valence-corrected chi connectivity index (χ2v) is 10.1. The lowest BCUT2D eigenvalue weighted by molar-refractivity contribution is -0.0723. The van der Waals surface area contributed by atoms with Gasteiger partial charge in [-0.25, -0.2) is 0 Å². The van der Waals surface area contributed by atoms with Crippen molar-refractivity contribution >= 4 is 0 Å². The first-order chi connectivity index (χ1) is 11.4. The third-order valence-corrected chi connectivity index (χ3v) is 9.31. The Morgan fingerprint density at radius 1 is 1.08 bits per heavy atom. The van der Waals surface area contributed by atoms with Crippen molar-refractivity contribution in [3.63, 3.8) is 0 Å². The second kappa shape index (κ2) is 6.81. The summed E-state index contributed by atoms with van der Waals surface area (Å²) in [6.45, 7) is 14.9. The van der Waals surface area contributed by atoms with E-state index in [-0.39, 0.29) is 0 Å². The van der Waals surface area contributed by atoms with E-state index in [9.17, 15) is 0 Å². The zero-order chi connectivity index (χ0) is 17.5. The highest BCUT2D eigenvalue weighted by Gasteiger charge is 2.56. The van der Waals surface area contributed by atoms with E-state index >= 15 is 0 Å². The minimum atomic E-state index is 0.552. The van der Waals surface area contributed by atoms with E-state index in [1.54, 1.807) is 5.57 Å². The summed E-state index contributed by atoms with van der Waals surface area (Å²) in [6.07, 6.45) is 15.6. The zero-order valence-corrected chi connectivity index (χ0v) is 17.3.